The van der Waals surface area contributed by atoms with Gasteiger partial charge in [0, 0.05) is 5.54 Å². The maximum absolute atomic E-state index is 9.55. The number of methoxy groups -OCH3 is 1. The molecule has 2 rings (SSSR count). The zero-order valence-electron chi connectivity index (χ0n) is 10.6. The van der Waals surface area contributed by atoms with Gasteiger partial charge in [-0.15, -0.1) is 0 Å². The number of hydrogen-bond donors (Lipinski definition) is 2. The molecule has 3 nitrogen and oxygen atoms in total. The van der Waals surface area contributed by atoms with Crippen LogP contribution in [0, 0.1) is 6.92 Å². The third-order valence-corrected chi connectivity index (χ3v) is 3.83. The van der Waals surface area contributed by atoms with Gasteiger partial charge in [0.15, 0.2) is 0 Å². The fourth-order valence-electron chi connectivity index (χ4n) is 2.54. The molecular weight excluding hydrogens is 214 g/mol. The summed E-state index contributed by atoms with van der Waals surface area (Å²) in [6.45, 7) is 2.02. The van der Waals surface area contributed by atoms with E-state index in [1.54, 1.807) is 7.11 Å². The molecule has 3 heteroatoms. The fourth-order valence-corrected chi connectivity index (χ4v) is 2.54. The number of ether oxygens (including phenoxy) is 1. The zero-order valence-corrected chi connectivity index (χ0v) is 10.6. The van der Waals surface area contributed by atoms with E-state index in [2.05, 4.69) is 6.07 Å². The Balaban J connectivity index is 2.27. The van der Waals surface area contributed by atoms with E-state index in [9.17, 15) is 5.11 Å². The molecule has 0 aliphatic heterocycles. The molecule has 1 aliphatic carbocycles. The lowest BCUT2D eigenvalue weighted by atomic mass is 9.76. The van der Waals surface area contributed by atoms with E-state index in [0.29, 0.717) is 0 Å². The molecular formula is C14H21NO2. The minimum atomic E-state index is -0.305. The number of nitrogens with two attached hydrogens (primary N) is 1. The average Bonchev–Trinajstić information content (AvgIpc) is 2.34. The molecule has 1 aliphatic rings. The van der Waals surface area contributed by atoms with Crippen molar-refractivity contribution in [3.05, 3.63) is 29.3 Å². The Morgan fingerprint density at radius 3 is 2.59 bits per heavy atom. The van der Waals surface area contributed by atoms with Crippen molar-refractivity contribution in [2.24, 2.45) is 5.73 Å². The Bertz CT molecular complexity index is 395. The van der Waals surface area contributed by atoms with Gasteiger partial charge in [-0.25, -0.2) is 0 Å². The van der Waals surface area contributed by atoms with E-state index in [0.717, 1.165) is 42.6 Å². The van der Waals surface area contributed by atoms with Crippen LogP contribution in [0.1, 0.15) is 36.8 Å². The van der Waals surface area contributed by atoms with Gasteiger partial charge in [0.1, 0.15) is 5.75 Å². The summed E-state index contributed by atoms with van der Waals surface area (Å²) in [5.74, 6) is 0.887. The first kappa shape index (κ1) is 12.4. The lowest BCUT2D eigenvalue weighted by Gasteiger charge is -2.36. The second kappa shape index (κ2) is 4.67. The maximum Gasteiger partial charge on any atom is 0.122 e. The van der Waals surface area contributed by atoms with Gasteiger partial charge < -0.3 is 15.6 Å². The molecule has 0 amide bonds. The van der Waals surface area contributed by atoms with Gasteiger partial charge in [0.05, 0.1) is 13.2 Å². The summed E-state index contributed by atoms with van der Waals surface area (Å²) < 4.78 is 5.34. The molecule has 0 aromatic heterocycles. The summed E-state index contributed by atoms with van der Waals surface area (Å²) in [5.41, 5.74) is 8.38. The summed E-state index contributed by atoms with van der Waals surface area (Å²) in [4.78, 5) is 0. The van der Waals surface area contributed by atoms with Crippen LogP contribution in [0.15, 0.2) is 18.2 Å². The molecule has 0 heterocycles. The van der Waals surface area contributed by atoms with Crippen LogP contribution >= 0.6 is 0 Å². The number of rotatable bonds is 2. The first-order chi connectivity index (χ1) is 8.05. The minimum Gasteiger partial charge on any atom is -0.496 e. The van der Waals surface area contributed by atoms with Crippen LogP contribution in [0.4, 0.5) is 0 Å². The lowest BCUT2D eigenvalue weighted by molar-refractivity contribution is 0.0968. The van der Waals surface area contributed by atoms with E-state index in [1.807, 2.05) is 19.1 Å². The second-order valence-corrected chi connectivity index (χ2v) is 5.07. The van der Waals surface area contributed by atoms with Crippen LogP contribution in [0.5, 0.6) is 5.75 Å². The molecule has 3 N–H and O–H groups in total. The molecule has 1 aromatic carbocycles. The first-order valence-electron chi connectivity index (χ1n) is 6.17. The summed E-state index contributed by atoms with van der Waals surface area (Å²) in [6, 6.07) is 6.16. The van der Waals surface area contributed by atoms with Crippen molar-refractivity contribution < 1.29 is 9.84 Å². The van der Waals surface area contributed by atoms with Crippen molar-refractivity contribution in [2.45, 2.75) is 44.2 Å². The first-order valence-corrected chi connectivity index (χ1v) is 6.17. The Morgan fingerprint density at radius 1 is 1.35 bits per heavy atom. The van der Waals surface area contributed by atoms with E-state index in [1.165, 1.54) is 0 Å². The molecule has 1 aromatic rings. The maximum atomic E-state index is 9.55. The third kappa shape index (κ3) is 2.45. The Hall–Kier alpha value is -1.06. The van der Waals surface area contributed by atoms with Crippen LogP contribution in [0.25, 0.3) is 0 Å². The fraction of sp³-hybridized carbons (Fsp3) is 0.571. The highest BCUT2D eigenvalue weighted by molar-refractivity contribution is 5.39. The van der Waals surface area contributed by atoms with Crippen LogP contribution in [0.2, 0.25) is 0 Å². The van der Waals surface area contributed by atoms with Crippen LogP contribution < -0.4 is 10.5 Å². The van der Waals surface area contributed by atoms with Crippen LogP contribution in [0.3, 0.4) is 0 Å². The molecule has 0 saturated heterocycles. The lowest BCUT2D eigenvalue weighted by Crippen LogP contribution is -2.41. The molecule has 17 heavy (non-hydrogen) atoms. The summed E-state index contributed by atoms with van der Waals surface area (Å²) in [6.07, 6.45) is 3.05. The van der Waals surface area contributed by atoms with Gasteiger partial charge in [0.25, 0.3) is 0 Å². The SMILES string of the molecule is COc1cc(C2(N)CCC(O)CC2)ccc1C. The number of aliphatic hydroxyl groups excluding tert-OH is 1. The molecule has 94 valence electrons. The van der Waals surface area contributed by atoms with Crippen LogP contribution in [-0.2, 0) is 5.54 Å². The number of aryl methyl sites for hydroxylation is 1. The number of aliphatic hydroxyl groups is 1. The normalized spacial score (nSPS) is 29.1. The third-order valence-electron chi connectivity index (χ3n) is 3.83. The standard InChI is InChI=1S/C14H21NO2/c1-10-3-4-11(9-13(10)17-2)14(15)7-5-12(16)6-8-14/h3-4,9,12,16H,5-8,15H2,1-2H3. The van der Waals surface area contributed by atoms with Gasteiger partial charge in [0.2, 0.25) is 0 Å². The highest BCUT2D eigenvalue weighted by Crippen LogP contribution is 2.36. The van der Waals surface area contributed by atoms with Gasteiger partial charge in [-0.2, -0.15) is 0 Å². The minimum absolute atomic E-state index is 0.181. The van der Waals surface area contributed by atoms with Gasteiger partial charge in [-0.1, -0.05) is 12.1 Å². The van der Waals surface area contributed by atoms with Crippen molar-refractivity contribution in [2.75, 3.05) is 7.11 Å². The Morgan fingerprint density at radius 2 is 2.00 bits per heavy atom. The highest BCUT2D eigenvalue weighted by Gasteiger charge is 2.32. The van der Waals surface area contributed by atoms with Gasteiger partial charge in [-0.05, 0) is 49.8 Å². The molecule has 1 fully saturated rings. The van der Waals surface area contributed by atoms with E-state index < -0.39 is 0 Å². The molecule has 1 saturated carbocycles. The van der Waals surface area contributed by atoms with Crippen LogP contribution in [-0.4, -0.2) is 18.3 Å². The van der Waals surface area contributed by atoms with Crippen molar-refractivity contribution in [1.82, 2.24) is 0 Å². The Labute approximate surface area is 103 Å². The highest BCUT2D eigenvalue weighted by atomic mass is 16.5. The second-order valence-electron chi connectivity index (χ2n) is 5.07. The number of hydrogen-bond acceptors (Lipinski definition) is 3. The summed E-state index contributed by atoms with van der Waals surface area (Å²) >= 11 is 0. The summed E-state index contributed by atoms with van der Waals surface area (Å²) in [7, 11) is 1.68. The van der Waals surface area contributed by atoms with Gasteiger partial charge in [-0.3, -0.25) is 0 Å². The molecule has 0 bridgehead atoms. The van der Waals surface area contributed by atoms with Crippen molar-refractivity contribution in [3.8, 4) is 5.75 Å². The molecule has 0 atom stereocenters. The largest absolute Gasteiger partial charge is 0.496 e. The Kier molecular flexibility index (Phi) is 3.40. The average molecular weight is 235 g/mol. The van der Waals surface area contributed by atoms with E-state index >= 15 is 0 Å². The monoisotopic (exact) mass is 235 g/mol. The van der Waals surface area contributed by atoms with E-state index in [4.69, 9.17) is 10.5 Å². The predicted octanol–water partition coefficient (Wildman–Crippen LogP) is 2.09. The zero-order chi connectivity index (χ0) is 12.5. The molecule has 0 spiro atoms. The van der Waals surface area contributed by atoms with Gasteiger partial charge >= 0.3 is 0 Å². The molecule has 0 unspecified atom stereocenters. The van der Waals surface area contributed by atoms with Crippen molar-refractivity contribution in [1.29, 1.82) is 0 Å². The number of benzene rings is 1. The quantitative estimate of drug-likeness (QED) is 0.825. The summed E-state index contributed by atoms with van der Waals surface area (Å²) in [5, 5.41) is 9.55. The predicted molar refractivity (Wildman–Crippen MR) is 68.1 cm³/mol. The van der Waals surface area contributed by atoms with Crippen molar-refractivity contribution >= 4 is 0 Å². The smallest absolute Gasteiger partial charge is 0.122 e. The van der Waals surface area contributed by atoms with E-state index in [-0.39, 0.29) is 11.6 Å². The van der Waals surface area contributed by atoms with Crippen molar-refractivity contribution in [3.63, 3.8) is 0 Å². The molecule has 0 radical (unpaired) electrons. The topological polar surface area (TPSA) is 55.5 Å².